The van der Waals surface area contributed by atoms with Crippen LogP contribution in [0.2, 0.25) is 0 Å². The van der Waals surface area contributed by atoms with Crippen molar-refractivity contribution in [3.8, 4) is 5.00 Å². The molecule has 2 amide bonds. The van der Waals surface area contributed by atoms with E-state index in [1.807, 2.05) is 29.4 Å². The fourth-order valence-corrected chi connectivity index (χ4v) is 5.74. The highest BCUT2D eigenvalue weighted by Gasteiger charge is 2.31. The van der Waals surface area contributed by atoms with E-state index in [4.69, 9.17) is 0 Å². The molecule has 0 bridgehead atoms. The van der Waals surface area contributed by atoms with E-state index in [9.17, 15) is 9.59 Å². The highest BCUT2D eigenvalue weighted by atomic mass is 32.1. The Balaban J connectivity index is 1.30. The van der Waals surface area contributed by atoms with Gasteiger partial charge >= 0.3 is 0 Å². The summed E-state index contributed by atoms with van der Waals surface area (Å²) in [5.74, 6) is 0.282. The Morgan fingerprint density at radius 1 is 1.03 bits per heavy atom. The molecule has 154 valence electrons. The number of piperazine rings is 1. The highest BCUT2D eigenvalue weighted by Crippen LogP contribution is 2.37. The molecule has 5 rings (SSSR count). The third kappa shape index (κ3) is 3.98. The third-order valence-electron chi connectivity index (χ3n) is 6.17. The maximum atomic E-state index is 13.6. The molecular formula is C22H28N4O2S. The van der Waals surface area contributed by atoms with Gasteiger partial charge in [-0.05, 0) is 56.2 Å². The van der Waals surface area contributed by atoms with Crippen LogP contribution in [0.4, 0.5) is 0 Å². The van der Waals surface area contributed by atoms with E-state index in [0.29, 0.717) is 25.7 Å². The van der Waals surface area contributed by atoms with E-state index >= 15 is 0 Å². The molecule has 2 aliphatic carbocycles. The maximum absolute atomic E-state index is 13.6. The number of nitrogens with one attached hydrogen (secondary N) is 1. The summed E-state index contributed by atoms with van der Waals surface area (Å²) in [5.41, 5.74) is 2.20. The molecule has 0 unspecified atom stereocenters. The third-order valence-corrected chi connectivity index (χ3v) is 7.48. The lowest BCUT2D eigenvalue weighted by molar-refractivity contribution is -0.122. The van der Waals surface area contributed by atoms with Gasteiger partial charge in [0, 0.05) is 49.5 Å². The first-order valence-electron chi connectivity index (χ1n) is 10.8. The molecule has 0 radical (unpaired) electrons. The van der Waals surface area contributed by atoms with Gasteiger partial charge in [-0.2, -0.15) is 0 Å². The summed E-state index contributed by atoms with van der Waals surface area (Å²) < 4.78 is 2.09. The second-order valence-corrected chi connectivity index (χ2v) is 9.48. The number of rotatable bonds is 5. The number of nitrogens with zero attached hydrogens (tertiary/aromatic N) is 3. The summed E-state index contributed by atoms with van der Waals surface area (Å²) in [6.07, 6.45) is 10.8. The van der Waals surface area contributed by atoms with Crippen molar-refractivity contribution in [3.05, 3.63) is 40.5 Å². The van der Waals surface area contributed by atoms with Crippen molar-refractivity contribution in [1.29, 1.82) is 0 Å². The highest BCUT2D eigenvalue weighted by molar-refractivity contribution is 7.15. The summed E-state index contributed by atoms with van der Waals surface area (Å²) in [4.78, 5) is 31.2. The van der Waals surface area contributed by atoms with Crippen molar-refractivity contribution >= 4 is 23.2 Å². The van der Waals surface area contributed by atoms with E-state index in [-0.39, 0.29) is 11.8 Å². The average molecular weight is 413 g/mol. The van der Waals surface area contributed by atoms with Crippen LogP contribution in [-0.4, -0.2) is 64.9 Å². The smallest absolute Gasteiger partial charge is 0.257 e. The van der Waals surface area contributed by atoms with Crippen molar-refractivity contribution in [3.63, 3.8) is 0 Å². The molecule has 3 heterocycles. The lowest BCUT2D eigenvalue weighted by atomic mass is 9.95. The molecule has 1 saturated heterocycles. The Kier molecular flexibility index (Phi) is 5.18. The second-order valence-electron chi connectivity index (χ2n) is 8.39. The van der Waals surface area contributed by atoms with Crippen LogP contribution in [0.5, 0.6) is 0 Å². The minimum absolute atomic E-state index is 0.120. The zero-order valence-corrected chi connectivity index (χ0v) is 17.5. The van der Waals surface area contributed by atoms with E-state index in [1.54, 1.807) is 11.3 Å². The first kappa shape index (κ1) is 18.9. The number of aryl methyl sites for hydroxylation is 1. The van der Waals surface area contributed by atoms with Crippen LogP contribution in [-0.2, 0) is 17.6 Å². The molecule has 7 heteroatoms. The van der Waals surface area contributed by atoms with Crippen molar-refractivity contribution in [2.45, 2.75) is 44.6 Å². The molecule has 2 aromatic heterocycles. The zero-order valence-electron chi connectivity index (χ0n) is 16.7. The molecule has 0 atom stereocenters. The Morgan fingerprint density at radius 2 is 1.76 bits per heavy atom. The van der Waals surface area contributed by atoms with Gasteiger partial charge in [-0.25, -0.2) is 0 Å². The quantitative estimate of drug-likeness (QED) is 0.821. The van der Waals surface area contributed by atoms with Crippen molar-refractivity contribution < 1.29 is 9.59 Å². The minimum Gasteiger partial charge on any atom is -0.352 e. The Morgan fingerprint density at radius 3 is 2.48 bits per heavy atom. The predicted molar refractivity (Wildman–Crippen MR) is 114 cm³/mol. The van der Waals surface area contributed by atoms with E-state index in [1.165, 1.54) is 23.3 Å². The summed E-state index contributed by atoms with van der Waals surface area (Å²) >= 11 is 1.78. The van der Waals surface area contributed by atoms with E-state index in [2.05, 4.69) is 14.8 Å². The molecule has 1 aliphatic heterocycles. The van der Waals surface area contributed by atoms with Gasteiger partial charge < -0.3 is 14.8 Å². The number of carbonyl (C=O) groups is 2. The maximum Gasteiger partial charge on any atom is 0.257 e. The zero-order chi connectivity index (χ0) is 19.8. The SMILES string of the molecule is O=C(CN1CCN(C(=O)c2c(-n3cccc3)sc3c2CCCC3)CC1)NC1CC1. The van der Waals surface area contributed by atoms with Crippen molar-refractivity contribution in [1.82, 2.24) is 19.7 Å². The van der Waals surface area contributed by atoms with Gasteiger partial charge in [0.2, 0.25) is 5.91 Å². The Hall–Kier alpha value is -2.12. The van der Waals surface area contributed by atoms with Gasteiger partial charge in [-0.3, -0.25) is 14.5 Å². The summed E-state index contributed by atoms with van der Waals surface area (Å²) in [6, 6.07) is 4.43. The van der Waals surface area contributed by atoms with Gasteiger partial charge in [-0.1, -0.05) is 0 Å². The molecule has 6 nitrogen and oxygen atoms in total. The number of fused-ring (bicyclic) bond motifs is 1. The lowest BCUT2D eigenvalue weighted by Crippen LogP contribution is -2.51. The van der Waals surface area contributed by atoms with E-state index in [0.717, 1.165) is 49.3 Å². The minimum atomic E-state index is 0.120. The van der Waals surface area contributed by atoms with Gasteiger partial charge in [-0.15, -0.1) is 11.3 Å². The van der Waals surface area contributed by atoms with Crippen LogP contribution >= 0.6 is 11.3 Å². The fraction of sp³-hybridized carbons (Fsp3) is 0.545. The number of hydrogen-bond acceptors (Lipinski definition) is 4. The molecule has 2 aromatic rings. The predicted octanol–water partition coefficient (Wildman–Crippen LogP) is 2.45. The molecular weight excluding hydrogens is 384 g/mol. The van der Waals surface area contributed by atoms with E-state index < -0.39 is 0 Å². The second kappa shape index (κ2) is 7.95. The summed E-state index contributed by atoms with van der Waals surface area (Å²) in [7, 11) is 0. The summed E-state index contributed by atoms with van der Waals surface area (Å²) in [5, 5.41) is 4.12. The standard InChI is InChI=1S/C22H28N4O2S/c27-19(23-16-7-8-16)15-24-11-13-25(14-12-24)21(28)20-17-5-1-2-6-18(17)29-22(20)26-9-3-4-10-26/h3-4,9-10,16H,1-2,5-8,11-15H2,(H,23,27). The molecule has 29 heavy (non-hydrogen) atoms. The van der Waals surface area contributed by atoms with Crippen molar-refractivity contribution in [2.24, 2.45) is 0 Å². The molecule has 1 N–H and O–H groups in total. The van der Waals surface area contributed by atoms with Crippen LogP contribution in [0.15, 0.2) is 24.5 Å². The number of aromatic nitrogens is 1. The fourth-order valence-electron chi connectivity index (χ4n) is 4.40. The van der Waals surface area contributed by atoms with Gasteiger partial charge in [0.05, 0.1) is 12.1 Å². The van der Waals surface area contributed by atoms with Crippen LogP contribution < -0.4 is 5.32 Å². The first-order chi connectivity index (χ1) is 14.2. The Labute approximate surface area is 175 Å². The lowest BCUT2D eigenvalue weighted by Gasteiger charge is -2.34. The van der Waals surface area contributed by atoms with Crippen LogP contribution in [0, 0.1) is 0 Å². The monoisotopic (exact) mass is 412 g/mol. The number of hydrogen-bond donors (Lipinski definition) is 1. The largest absolute Gasteiger partial charge is 0.352 e. The molecule has 0 aromatic carbocycles. The number of amides is 2. The number of carbonyl (C=O) groups excluding carboxylic acids is 2. The first-order valence-corrected chi connectivity index (χ1v) is 11.6. The average Bonchev–Trinajstić information content (AvgIpc) is 3.24. The van der Waals surface area contributed by atoms with Gasteiger partial charge in [0.15, 0.2) is 0 Å². The van der Waals surface area contributed by atoms with Crippen LogP contribution in [0.1, 0.15) is 46.5 Å². The normalized spacial score (nSPS) is 19.8. The van der Waals surface area contributed by atoms with Crippen molar-refractivity contribution in [2.75, 3.05) is 32.7 Å². The molecule has 0 spiro atoms. The van der Waals surface area contributed by atoms with Gasteiger partial charge in [0.25, 0.3) is 5.91 Å². The van der Waals surface area contributed by atoms with Crippen LogP contribution in [0.3, 0.4) is 0 Å². The van der Waals surface area contributed by atoms with Crippen LogP contribution in [0.25, 0.3) is 5.00 Å². The Bertz CT molecular complexity index is 892. The molecule has 3 aliphatic rings. The molecule has 1 saturated carbocycles. The molecule has 2 fully saturated rings. The topological polar surface area (TPSA) is 57.6 Å². The number of thiophene rings is 1. The van der Waals surface area contributed by atoms with Gasteiger partial charge in [0.1, 0.15) is 5.00 Å². The summed E-state index contributed by atoms with van der Waals surface area (Å²) in [6.45, 7) is 3.33.